The van der Waals surface area contributed by atoms with Crippen molar-refractivity contribution < 1.29 is 32.6 Å². The molecule has 0 aliphatic heterocycles. The second-order valence-electron chi connectivity index (χ2n) is 7.95. The topological polar surface area (TPSA) is 87.7 Å². The molecule has 1 aromatic carbocycles. The van der Waals surface area contributed by atoms with Crippen LogP contribution in [0.1, 0.15) is 33.1 Å². The Morgan fingerprint density at radius 3 is 2.38 bits per heavy atom. The van der Waals surface area contributed by atoms with Crippen LogP contribution in [-0.2, 0) is 4.79 Å². The van der Waals surface area contributed by atoms with Gasteiger partial charge in [-0.05, 0) is 73.4 Å². The summed E-state index contributed by atoms with van der Waals surface area (Å²) < 4.78 is 39.5. The number of anilines is 1. The quantitative estimate of drug-likeness (QED) is 0.505. The maximum atomic E-state index is 12.3. The van der Waals surface area contributed by atoms with Crippen molar-refractivity contribution in [2.75, 3.05) is 5.32 Å². The number of halogens is 3. The van der Waals surface area contributed by atoms with E-state index in [2.05, 4.69) is 21.4 Å². The van der Waals surface area contributed by atoms with Gasteiger partial charge in [-0.25, -0.2) is 4.79 Å². The summed E-state index contributed by atoms with van der Waals surface area (Å²) in [4.78, 5) is 24.6. The van der Waals surface area contributed by atoms with E-state index in [0.717, 1.165) is 28.2 Å². The van der Waals surface area contributed by atoms with Gasteiger partial charge in [-0.1, -0.05) is 18.2 Å². The minimum Gasteiger partial charge on any atom is -0.480 e. The molecule has 0 aromatic heterocycles. The van der Waals surface area contributed by atoms with Crippen LogP contribution in [0.5, 0.6) is 5.75 Å². The standard InChI is InChI=1S/C22H23F3N2O4S/c1-21(2,19(28)29)32-18-9-3-13-11-16(12-14(13)4-10-18)27-20(30)26-15-5-7-17(8-6-15)31-22(23,24)25/h3-9,16H,10-12H2,1-2H3,(H,28,29)(H2,26,27,30). The molecule has 0 bridgehead atoms. The van der Waals surface area contributed by atoms with Crippen LogP contribution in [0.2, 0.25) is 0 Å². The van der Waals surface area contributed by atoms with Crippen LogP contribution in [0.4, 0.5) is 23.7 Å². The molecule has 2 amide bonds. The number of fused-ring (bicyclic) bond motifs is 1. The van der Waals surface area contributed by atoms with E-state index in [1.807, 2.05) is 12.2 Å². The van der Waals surface area contributed by atoms with Gasteiger partial charge in [-0.3, -0.25) is 4.79 Å². The third-order valence-electron chi connectivity index (χ3n) is 4.95. The summed E-state index contributed by atoms with van der Waals surface area (Å²) >= 11 is 1.32. The number of hydrogen-bond donors (Lipinski definition) is 3. The van der Waals surface area contributed by atoms with Crippen molar-refractivity contribution in [1.29, 1.82) is 0 Å². The fourth-order valence-electron chi connectivity index (χ4n) is 3.38. The van der Waals surface area contributed by atoms with E-state index in [9.17, 15) is 27.9 Å². The van der Waals surface area contributed by atoms with E-state index in [1.165, 1.54) is 23.9 Å². The highest BCUT2D eigenvalue weighted by molar-refractivity contribution is 8.05. The van der Waals surface area contributed by atoms with Gasteiger partial charge in [-0.15, -0.1) is 24.9 Å². The predicted molar refractivity (Wildman–Crippen MR) is 116 cm³/mol. The monoisotopic (exact) mass is 468 g/mol. The molecule has 0 saturated heterocycles. The summed E-state index contributed by atoms with van der Waals surface area (Å²) in [5.41, 5.74) is 2.55. The highest BCUT2D eigenvalue weighted by Gasteiger charge is 2.32. The van der Waals surface area contributed by atoms with Crippen LogP contribution in [0.3, 0.4) is 0 Å². The molecule has 6 nitrogen and oxygen atoms in total. The van der Waals surface area contributed by atoms with Gasteiger partial charge in [0.2, 0.25) is 0 Å². The molecule has 0 heterocycles. The van der Waals surface area contributed by atoms with Crippen molar-refractivity contribution in [3.63, 3.8) is 0 Å². The summed E-state index contributed by atoms with van der Waals surface area (Å²) in [6.45, 7) is 3.34. The Bertz CT molecular complexity index is 982. The Hall–Kier alpha value is -2.88. The molecule has 10 heteroatoms. The highest BCUT2D eigenvalue weighted by atomic mass is 32.2. The Balaban J connectivity index is 1.54. The van der Waals surface area contributed by atoms with Crippen molar-refractivity contribution in [3.8, 4) is 5.75 Å². The van der Waals surface area contributed by atoms with Gasteiger partial charge in [0, 0.05) is 11.7 Å². The summed E-state index contributed by atoms with van der Waals surface area (Å²) in [5.74, 6) is -1.23. The SMILES string of the molecule is CC(C)(SC1=CC=C2CC(NC(=O)Nc3ccc(OC(F)(F)F)cc3)CC2=CC1)C(=O)O. The minimum atomic E-state index is -4.77. The third kappa shape index (κ3) is 6.56. The molecule has 1 atom stereocenters. The molecule has 1 aromatic rings. The van der Waals surface area contributed by atoms with E-state index in [4.69, 9.17) is 0 Å². The number of carbonyl (C=O) groups is 2. The van der Waals surface area contributed by atoms with Crippen molar-refractivity contribution >= 4 is 29.4 Å². The van der Waals surface area contributed by atoms with Gasteiger partial charge in [0.25, 0.3) is 0 Å². The molecular formula is C22H23F3N2O4S. The first kappa shape index (κ1) is 23.8. The zero-order valence-corrected chi connectivity index (χ0v) is 18.3. The van der Waals surface area contributed by atoms with E-state index in [0.29, 0.717) is 24.9 Å². The van der Waals surface area contributed by atoms with Gasteiger partial charge in [-0.2, -0.15) is 0 Å². The first-order valence-electron chi connectivity index (χ1n) is 9.86. The van der Waals surface area contributed by atoms with Crippen LogP contribution < -0.4 is 15.4 Å². The van der Waals surface area contributed by atoms with Gasteiger partial charge >= 0.3 is 18.4 Å². The maximum absolute atomic E-state index is 12.3. The smallest absolute Gasteiger partial charge is 0.480 e. The number of ether oxygens (including phenoxy) is 1. The fraction of sp³-hybridized carbons (Fsp3) is 0.364. The summed E-state index contributed by atoms with van der Waals surface area (Å²) in [6, 6.07) is 4.34. The number of carbonyl (C=O) groups excluding carboxylic acids is 1. The van der Waals surface area contributed by atoms with Gasteiger partial charge < -0.3 is 20.5 Å². The lowest BCUT2D eigenvalue weighted by Gasteiger charge is -2.19. The van der Waals surface area contributed by atoms with Crippen molar-refractivity contribution in [2.24, 2.45) is 0 Å². The van der Waals surface area contributed by atoms with Gasteiger partial charge in [0.15, 0.2) is 0 Å². The Labute approximate surface area is 187 Å². The van der Waals surface area contributed by atoms with E-state index < -0.39 is 23.1 Å². The van der Waals surface area contributed by atoms with Crippen LogP contribution in [-0.4, -0.2) is 34.3 Å². The normalized spacial score (nSPS) is 18.5. The number of allylic oxidation sites excluding steroid dienone is 4. The van der Waals surface area contributed by atoms with Gasteiger partial charge in [0.05, 0.1) is 0 Å². The van der Waals surface area contributed by atoms with Crippen LogP contribution in [0.15, 0.2) is 58.5 Å². The number of urea groups is 1. The summed E-state index contributed by atoms with van der Waals surface area (Å²) in [5, 5.41) is 14.8. The number of alkyl halides is 3. The molecule has 0 spiro atoms. The number of carboxylic acids is 1. The molecule has 172 valence electrons. The molecule has 1 fully saturated rings. The van der Waals surface area contributed by atoms with Gasteiger partial charge in [0.1, 0.15) is 10.5 Å². The molecule has 32 heavy (non-hydrogen) atoms. The lowest BCUT2D eigenvalue weighted by molar-refractivity contribution is -0.274. The molecule has 3 N–H and O–H groups in total. The lowest BCUT2D eigenvalue weighted by Crippen LogP contribution is -2.36. The minimum absolute atomic E-state index is 0.113. The van der Waals surface area contributed by atoms with Crippen molar-refractivity contribution in [2.45, 2.75) is 50.3 Å². The van der Waals surface area contributed by atoms with Crippen molar-refractivity contribution in [3.05, 3.63) is 58.5 Å². The van der Waals surface area contributed by atoms with Crippen LogP contribution in [0.25, 0.3) is 0 Å². The number of nitrogens with one attached hydrogen (secondary N) is 2. The number of rotatable bonds is 6. The van der Waals surface area contributed by atoms with Crippen LogP contribution in [0, 0.1) is 0 Å². The summed E-state index contributed by atoms with van der Waals surface area (Å²) in [7, 11) is 0. The molecule has 1 saturated carbocycles. The zero-order valence-electron chi connectivity index (χ0n) is 17.5. The average molecular weight is 468 g/mol. The molecule has 0 radical (unpaired) electrons. The van der Waals surface area contributed by atoms with E-state index in [-0.39, 0.29) is 11.8 Å². The largest absolute Gasteiger partial charge is 0.573 e. The number of thioether (sulfide) groups is 1. The Kier molecular flexibility index (Phi) is 6.92. The Morgan fingerprint density at radius 2 is 1.75 bits per heavy atom. The molecule has 2 aliphatic rings. The molecule has 2 aliphatic carbocycles. The number of aliphatic carboxylic acids is 1. The number of carboxylic acid groups (broad SMARTS) is 1. The fourth-order valence-corrected chi connectivity index (χ4v) is 4.43. The second-order valence-corrected chi connectivity index (χ2v) is 9.70. The number of amides is 2. The van der Waals surface area contributed by atoms with E-state index in [1.54, 1.807) is 13.8 Å². The van der Waals surface area contributed by atoms with Crippen molar-refractivity contribution in [1.82, 2.24) is 5.32 Å². The number of benzene rings is 1. The molecule has 1 unspecified atom stereocenters. The van der Waals surface area contributed by atoms with E-state index >= 15 is 0 Å². The second kappa shape index (κ2) is 9.32. The predicted octanol–water partition coefficient (Wildman–Crippen LogP) is 5.61. The van der Waals surface area contributed by atoms with Crippen LogP contribution >= 0.6 is 11.8 Å². The first-order valence-corrected chi connectivity index (χ1v) is 10.7. The lowest BCUT2D eigenvalue weighted by atomic mass is 10.1. The zero-order chi connectivity index (χ0) is 23.5. The maximum Gasteiger partial charge on any atom is 0.573 e. The molecule has 3 rings (SSSR count). The summed E-state index contributed by atoms with van der Waals surface area (Å²) in [6.07, 6.45) is 3.10. The highest BCUT2D eigenvalue weighted by Crippen LogP contribution is 2.39. The molecular weight excluding hydrogens is 445 g/mol. The first-order chi connectivity index (χ1) is 14.9. The third-order valence-corrected chi connectivity index (χ3v) is 6.20. The average Bonchev–Trinajstić information content (AvgIpc) is 2.96. The Morgan fingerprint density at radius 1 is 1.09 bits per heavy atom. The number of hydrogen-bond acceptors (Lipinski definition) is 4.